The zero-order valence-corrected chi connectivity index (χ0v) is 17.3. The smallest absolute Gasteiger partial charge is 0.222 e. The molecule has 6 heteroatoms. The first-order chi connectivity index (χ1) is 13.7. The molecule has 3 heterocycles. The first kappa shape index (κ1) is 19.1. The van der Waals surface area contributed by atoms with E-state index in [9.17, 15) is 4.79 Å². The van der Waals surface area contributed by atoms with Crippen LogP contribution in [0.3, 0.4) is 0 Å². The van der Waals surface area contributed by atoms with Crippen LogP contribution in [0.25, 0.3) is 11.0 Å². The van der Waals surface area contributed by atoms with Gasteiger partial charge in [-0.15, -0.1) is 0 Å². The Balaban J connectivity index is 1.31. The topological polar surface area (TPSA) is 51.9 Å². The van der Waals surface area contributed by atoms with Crippen molar-refractivity contribution in [2.24, 2.45) is 7.05 Å². The number of hydrogen-bond acceptors (Lipinski definition) is 3. The average molecular weight is 397 g/mol. The van der Waals surface area contributed by atoms with Gasteiger partial charge in [0.2, 0.25) is 5.91 Å². The third-order valence-corrected chi connectivity index (χ3v) is 6.83. The molecule has 1 aliphatic rings. The highest BCUT2D eigenvalue weighted by atomic mass is 32.2. The van der Waals surface area contributed by atoms with E-state index >= 15 is 0 Å². The molecular weight excluding hydrogens is 368 g/mol. The van der Waals surface area contributed by atoms with Crippen LogP contribution in [0.5, 0.6) is 0 Å². The lowest BCUT2D eigenvalue weighted by molar-refractivity contribution is -0.123. The fourth-order valence-electron chi connectivity index (χ4n) is 4.18. The van der Waals surface area contributed by atoms with E-state index in [-0.39, 0.29) is 11.4 Å². The maximum absolute atomic E-state index is 12.7. The summed E-state index contributed by atoms with van der Waals surface area (Å²) in [7, 11) is 2.06. The van der Waals surface area contributed by atoms with E-state index in [2.05, 4.69) is 52.1 Å². The number of rotatable bonds is 7. The van der Waals surface area contributed by atoms with Crippen LogP contribution in [-0.2, 0) is 23.8 Å². The van der Waals surface area contributed by atoms with Crippen LogP contribution in [0.1, 0.15) is 31.5 Å². The fraction of sp³-hybridized carbons (Fsp3) is 0.455. The van der Waals surface area contributed by atoms with E-state index in [1.165, 1.54) is 0 Å². The summed E-state index contributed by atoms with van der Waals surface area (Å²) in [5, 5.41) is 3.14. The van der Waals surface area contributed by atoms with E-state index in [4.69, 9.17) is 4.98 Å². The van der Waals surface area contributed by atoms with Crippen LogP contribution in [-0.4, -0.2) is 38.1 Å². The highest BCUT2D eigenvalue weighted by Gasteiger charge is 2.35. The molecule has 0 atom stereocenters. The third kappa shape index (κ3) is 3.97. The van der Waals surface area contributed by atoms with E-state index in [0.717, 1.165) is 54.0 Å². The first-order valence-corrected chi connectivity index (χ1v) is 11.2. The number of hydrogen-bond donors (Lipinski definition) is 1. The van der Waals surface area contributed by atoms with Crippen molar-refractivity contribution in [1.82, 2.24) is 19.4 Å². The molecule has 1 aliphatic heterocycles. The molecule has 0 saturated carbocycles. The summed E-state index contributed by atoms with van der Waals surface area (Å²) in [6.45, 7) is 0.693. The van der Waals surface area contributed by atoms with Gasteiger partial charge < -0.3 is 14.5 Å². The second kappa shape index (κ2) is 8.43. The van der Waals surface area contributed by atoms with Gasteiger partial charge in [-0.25, -0.2) is 4.98 Å². The second-order valence-electron chi connectivity index (χ2n) is 7.63. The molecule has 148 valence electrons. The highest BCUT2D eigenvalue weighted by molar-refractivity contribution is 7.99. The number of aromatic nitrogens is 3. The lowest BCUT2D eigenvalue weighted by Gasteiger charge is -2.38. The maximum atomic E-state index is 12.7. The minimum absolute atomic E-state index is 0.0593. The molecule has 1 aromatic carbocycles. The van der Waals surface area contributed by atoms with Crippen LogP contribution >= 0.6 is 11.8 Å². The molecule has 4 rings (SSSR count). The van der Waals surface area contributed by atoms with Gasteiger partial charge in [-0.3, -0.25) is 4.79 Å². The van der Waals surface area contributed by atoms with E-state index < -0.39 is 0 Å². The number of fused-ring (bicyclic) bond motifs is 1. The van der Waals surface area contributed by atoms with Gasteiger partial charge in [-0.05, 0) is 55.0 Å². The maximum Gasteiger partial charge on any atom is 0.222 e. The third-order valence-electron chi connectivity index (χ3n) is 5.84. The highest BCUT2D eigenvalue weighted by Crippen LogP contribution is 2.36. The summed E-state index contributed by atoms with van der Waals surface area (Å²) in [5.74, 6) is 3.48. The van der Waals surface area contributed by atoms with Gasteiger partial charge in [0, 0.05) is 32.4 Å². The van der Waals surface area contributed by atoms with Gasteiger partial charge in [0.15, 0.2) is 0 Å². The van der Waals surface area contributed by atoms with Crippen molar-refractivity contribution >= 4 is 28.7 Å². The Morgan fingerprint density at radius 2 is 1.93 bits per heavy atom. The fourth-order valence-corrected chi connectivity index (χ4v) is 5.44. The van der Waals surface area contributed by atoms with Crippen LogP contribution in [0.4, 0.5) is 0 Å². The van der Waals surface area contributed by atoms with Crippen molar-refractivity contribution in [1.29, 1.82) is 0 Å². The SMILES string of the molecule is Cn1c(CCCNC(=O)CC2(n3cccc3)CCSCC2)nc2ccccc21. The molecule has 1 N–H and O–H groups in total. The van der Waals surface area contributed by atoms with Crippen molar-refractivity contribution in [3.63, 3.8) is 0 Å². The number of para-hydroxylation sites is 2. The normalized spacial score (nSPS) is 16.3. The zero-order chi connectivity index (χ0) is 19.4. The number of aryl methyl sites for hydroxylation is 2. The summed E-state index contributed by atoms with van der Waals surface area (Å²) in [6, 6.07) is 12.3. The lowest BCUT2D eigenvalue weighted by Crippen LogP contribution is -2.42. The number of carbonyl (C=O) groups excluding carboxylic acids is 1. The van der Waals surface area contributed by atoms with Crippen molar-refractivity contribution in [3.8, 4) is 0 Å². The Morgan fingerprint density at radius 1 is 1.18 bits per heavy atom. The largest absolute Gasteiger partial charge is 0.356 e. The number of nitrogens with zero attached hydrogens (tertiary/aromatic N) is 3. The van der Waals surface area contributed by atoms with Crippen LogP contribution in [0.2, 0.25) is 0 Å². The minimum atomic E-state index is -0.0593. The quantitative estimate of drug-likeness (QED) is 0.619. The molecule has 0 radical (unpaired) electrons. The lowest BCUT2D eigenvalue weighted by atomic mass is 9.87. The zero-order valence-electron chi connectivity index (χ0n) is 16.4. The van der Waals surface area contributed by atoms with E-state index in [0.29, 0.717) is 13.0 Å². The molecule has 1 saturated heterocycles. The predicted molar refractivity (Wildman–Crippen MR) is 116 cm³/mol. The second-order valence-corrected chi connectivity index (χ2v) is 8.86. The van der Waals surface area contributed by atoms with Gasteiger partial charge in [0.25, 0.3) is 0 Å². The number of imidazole rings is 1. The van der Waals surface area contributed by atoms with Crippen molar-refractivity contribution in [2.75, 3.05) is 18.1 Å². The number of thioether (sulfide) groups is 1. The molecule has 1 fully saturated rings. The monoisotopic (exact) mass is 396 g/mol. The van der Waals surface area contributed by atoms with E-state index in [1.807, 2.05) is 30.0 Å². The van der Waals surface area contributed by atoms with Gasteiger partial charge in [0.1, 0.15) is 5.82 Å². The Hall–Kier alpha value is -2.21. The molecule has 0 bridgehead atoms. The number of amides is 1. The molecule has 2 aromatic heterocycles. The summed E-state index contributed by atoms with van der Waals surface area (Å²) < 4.78 is 4.41. The van der Waals surface area contributed by atoms with Crippen LogP contribution in [0, 0.1) is 0 Å². The molecule has 1 amide bonds. The average Bonchev–Trinajstić information content (AvgIpc) is 3.36. The van der Waals surface area contributed by atoms with Gasteiger partial charge in [-0.1, -0.05) is 12.1 Å². The van der Waals surface area contributed by atoms with Crippen LogP contribution < -0.4 is 5.32 Å². The molecule has 0 unspecified atom stereocenters. The molecule has 5 nitrogen and oxygen atoms in total. The van der Waals surface area contributed by atoms with Gasteiger partial charge in [0.05, 0.1) is 23.0 Å². The number of benzene rings is 1. The van der Waals surface area contributed by atoms with Crippen molar-refractivity contribution in [3.05, 3.63) is 54.6 Å². The molecule has 3 aromatic rings. The Labute approximate surface area is 170 Å². The molecule has 28 heavy (non-hydrogen) atoms. The van der Waals surface area contributed by atoms with Gasteiger partial charge >= 0.3 is 0 Å². The Bertz CT molecular complexity index is 925. The molecule has 0 aliphatic carbocycles. The van der Waals surface area contributed by atoms with Crippen molar-refractivity contribution in [2.45, 2.75) is 37.6 Å². The molecule has 0 spiro atoms. The first-order valence-electron chi connectivity index (χ1n) is 10.1. The minimum Gasteiger partial charge on any atom is -0.356 e. The number of carbonyl (C=O) groups is 1. The standard InChI is InChI=1S/C22H28N4OS/c1-25-19-8-3-2-7-18(19)24-20(25)9-6-12-23-21(27)17-22(10-15-28-16-11-22)26-13-4-5-14-26/h2-5,7-8,13-14H,6,9-12,15-17H2,1H3,(H,23,27). The summed E-state index contributed by atoms with van der Waals surface area (Å²) in [5.41, 5.74) is 2.13. The summed E-state index contributed by atoms with van der Waals surface area (Å²) in [6.07, 6.45) is 8.65. The van der Waals surface area contributed by atoms with Crippen molar-refractivity contribution < 1.29 is 4.79 Å². The predicted octanol–water partition coefficient (Wildman–Crippen LogP) is 3.74. The summed E-state index contributed by atoms with van der Waals surface area (Å²) in [4.78, 5) is 17.4. The number of nitrogens with one attached hydrogen (secondary N) is 1. The molecular formula is C22H28N4OS. The Morgan fingerprint density at radius 3 is 2.68 bits per heavy atom. The van der Waals surface area contributed by atoms with Gasteiger partial charge in [-0.2, -0.15) is 11.8 Å². The summed E-state index contributed by atoms with van der Waals surface area (Å²) >= 11 is 1.99. The Kier molecular flexibility index (Phi) is 5.76. The van der Waals surface area contributed by atoms with E-state index in [1.54, 1.807) is 0 Å². The van der Waals surface area contributed by atoms with Crippen LogP contribution in [0.15, 0.2) is 48.8 Å².